The van der Waals surface area contributed by atoms with Crippen LogP contribution in [-0.2, 0) is 4.74 Å². The molecule has 1 aliphatic carbocycles. The largest absolute Gasteiger partial charge is 0.377 e. The van der Waals surface area contributed by atoms with Crippen molar-refractivity contribution in [1.82, 2.24) is 4.90 Å². The van der Waals surface area contributed by atoms with Crippen LogP contribution >= 0.6 is 11.6 Å². The molecule has 6 heteroatoms. The predicted octanol–water partition coefficient (Wildman–Crippen LogP) is 3.05. The minimum atomic E-state index is -0.0643. The Bertz CT molecular complexity index is 560. The van der Waals surface area contributed by atoms with Gasteiger partial charge in [0.2, 0.25) is 0 Å². The molecule has 2 fully saturated rings. The molecule has 0 unspecified atom stereocenters. The van der Waals surface area contributed by atoms with Gasteiger partial charge < -0.3 is 19.9 Å². The molecule has 1 saturated heterocycles. The number of halogens is 1. The zero-order valence-corrected chi connectivity index (χ0v) is 13.8. The molecule has 2 amide bonds. The summed E-state index contributed by atoms with van der Waals surface area (Å²) in [4.78, 5) is 16.5. The lowest BCUT2D eigenvalue weighted by Gasteiger charge is -2.36. The Morgan fingerprint density at radius 3 is 2.86 bits per heavy atom. The molecule has 1 saturated carbocycles. The van der Waals surface area contributed by atoms with Crippen LogP contribution < -0.4 is 10.2 Å². The quantitative estimate of drug-likeness (QED) is 0.930. The molecule has 1 heterocycles. The minimum absolute atomic E-state index is 0.0643. The van der Waals surface area contributed by atoms with E-state index in [0.29, 0.717) is 30.7 Å². The van der Waals surface area contributed by atoms with Crippen LogP contribution in [-0.4, -0.2) is 50.8 Å². The highest BCUT2D eigenvalue weighted by atomic mass is 35.5. The lowest BCUT2D eigenvalue weighted by Crippen LogP contribution is -2.51. The molecule has 1 N–H and O–H groups in total. The third kappa shape index (κ3) is 3.15. The number of nitrogens with one attached hydrogen (secondary N) is 1. The molecule has 1 atom stereocenters. The Hall–Kier alpha value is -1.46. The van der Waals surface area contributed by atoms with Gasteiger partial charge in [-0.2, -0.15) is 0 Å². The van der Waals surface area contributed by atoms with Crippen molar-refractivity contribution in [1.29, 1.82) is 0 Å². The zero-order valence-electron chi connectivity index (χ0n) is 13.0. The van der Waals surface area contributed by atoms with E-state index in [1.807, 2.05) is 42.1 Å². The summed E-state index contributed by atoms with van der Waals surface area (Å²) in [5.41, 5.74) is 1.57. The summed E-state index contributed by atoms with van der Waals surface area (Å²) in [5.74, 6) is 0.596. The average Bonchev–Trinajstić information content (AvgIpc) is 3.31. The summed E-state index contributed by atoms with van der Waals surface area (Å²) in [6.07, 6.45) is 2.38. The average molecular weight is 324 g/mol. The van der Waals surface area contributed by atoms with E-state index in [1.54, 1.807) is 0 Å². The number of para-hydroxylation sites is 1. The molecule has 0 spiro atoms. The number of carbonyl (C=O) groups is 1. The molecule has 1 aromatic carbocycles. The van der Waals surface area contributed by atoms with Crippen molar-refractivity contribution in [2.45, 2.75) is 18.9 Å². The van der Waals surface area contributed by atoms with Gasteiger partial charge in [0.15, 0.2) is 0 Å². The summed E-state index contributed by atoms with van der Waals surface area (Å²) in [6, 6.07) is 5.70. The summed E-state index contributed by atoms with van der Waals surface area (Å²) in [5, 5.41) is 3.65. The van der Waals surface area contributed by atoms with Gasteiger partial charge in [-0.25, -0.2) is 4.79 Å². The molecule has 5 nitrogen and oxygen atoms in total. The van der Waals surface area contributed by atoms with E-state index in [0.717, 1.165) is 11.4 Å². The fraction of sp³-hybridized carbons (Fsp3) is 0.562. The zero-order chi connectivity index (χ0) is 15.7. The van der Waals surface area contributed by atoms with E-state index < -0.39 is 0 Å². The van der Waals surface area contributed by atoms with E-state index in [2.05, 4.69) is 5.32 Å². The van der Waals surface area contributed by atoms with Gasteiger partial charge in [-0.15, -0.1) is 0 Å². The smallest absolute Gasteiger partial charge is 0.322 e. The molecule has 0 radical (unpaired) electrons. The van der Waals surface area contributed by atoms with Crippen LogP contribution in [0, 0.1) is 5.92 Å². The van der Waals surface area contributed by atoms with Crippen molar-refractivity contribution >= 4 is 29.0 Å². The highest BCUT2D eigenvalue weighted by molar-refractivity contribution is 6.34. The number of rotatable bonds is 3. The maximum Gasteiger partial charge on any atom is 0.322 e. The molecule has 3 rings (SSSR count). The Labute approximate surface area is 136 Å². The Kier molecular flexibility index (Phi) is 4.45. The van der Waals surface area contributed by atoms with E-state index in [-0.39, 0.29) is 12.1 Å². The number of ether oxygens (including phenoxy) is 1. The number of morpholine rings is 1. The molecule has 0 aromatic heterocycles. The maximum absolute atomic E-state index is 12.7. The molecular formula is C16H22ClN3O2. The molecule has 0 bridgehead atoms. The first-order valence-electron chi connectivity index (χ1n) is 7.69. The lowest BCUT2D eigenvalue weighted by molar-refractivity contribution is 0.00773. The molecule has 1 aromatic rings. The molecule has 2 aliphatic rings. The molecule has 120 valence electrons. The summed E-state index contributed by atoms with van der Waals surface area (Å²) < 4.78 is 5.54. The number of nitrogens with zero attached hydrogens (tertiary/aromatic N) is 2. The van der Waals surface area contributed by atoms with Crippen molar-refractivity contribution in [2.24, 2.45) is 5.92 Å². The fourth-order valence-corrected chi connectivity index (χ4v) is 3.35. The number of anilines is 2. The normalized spacial score (nSPS) is 21.6. The number of carbonyl (C=O) groups excluding carboxylic acids is 1. The third-order valence-corrected chi connectivity index (χ3v) is 4.57. The summed E-state index contributed by atoms with van der Waals surface area (Å²) >= 11 is 6.26. The Balaban J connectivity index is 1.77. The van der Waals surface area contributed by atoms with Crippen LogP contribution in [0.5, 0.6) is 0 Å². The SMILES string of the molecule is CN(C)c1c(Cl)cccc1NC(=O)N1CCOC[C@H]1C1CC1. The van der Waals surface area contributed by atoms with Crippen LogP contribution in [0.2, 0.25) is 5.02 Å². The van der Waals surface area contributed by atoms with Gasteiger partial charge in [0, 0.05) is 20.6 Å². The van der Waals surface area contributed by atoms with Gasteiger partial charge in [-0.1, -0.05) is 17.7 Å². The van der Waals surface area contributed by atoms with Crippen molar-refractivity contribution in [2.75, 3.05) is 44.1 Å². The van der Waals surface area contributed by atoms with Crippen LogP contribution in [0.25, 0.3) is 0 Å². The van der Waals surface area contributed by atoms with Gasteiger partial charge in [0.25, 0.3) is 0 Å². The standard InChI is InChI=1S/C16H22ClN3O2/c1-19(2)15-12(17)4-3-5-13(15)18-16(21)20-8-9-22-10-14(20)11-6-7-11/h3-5,11,14H,6-10H2,1-2H3,(H,18,21)/t14-/m0/s1. The fourth-order valence-electron chi connectivity index (χ4n) is 3.00. The first-order valence-corrected chi connectivity index (χ1v) is 8.07. The maximum atomic E-state index is 12.7. The van der Waals surface area contributed by atoms with Gasteiger partial charge in [0.05, 0.1) is 35.7 Å². The van der Waals surface area contributed by atoms with E-state index >= 15 is 0 Å². The molecule has 1 aliphatic heterocycles. The van der Waals surface area contributed by atoms with Gasteiger partial charge >= 0.3 is 6.03 Å². The predicted molar refractivity (Wildman–Crippen MR) is 88.8 cm³/mol. The minimum Gasteiger partial charge on any atom is -0.377 e. The summed E-state index contributed by atoms with van der Waals surface area (Å²) in [7, 11) is 3.83. The van der Waals surface area contributed by atoms with Gasteiger partial charge in [-0.3, -0.25) is 0 Å². The van der Waals surface area contributed by atoms with E-state index in [9.17, 15) is 4.79 Å². The second kappa shape index (κ2) is 6.34. The highest BCUT2D eigenvalue weighted by Gasteiger charge is 2.39. The second-order valence-corrected chi connectivity index (χ2v) is 6.54. The number of urea groups is 1. The lowest BCUT2D eigenvalue weighted by atomic mass is 10.1. The molecule has 22 heavy (non-hydrogen) atoms. The highest BCUT2D eigenvalue weighted by Crippen LogP contribution is 2.37. The number of benzene rings is 1. The Morgan fingerprint density at radius 2 is 2.18 bits per heavy atom. The number of hydrogen-bond donors (Lipinski definition) is 1. The molecular weight excluding hydrogens is 302 g/mol. The van der Waals surface area contributed by atoms with Crippen molar-refractivity contribution in [3.05, 3.63) is 23.2 Å². The van der Waals surface area contributed by atoms with Crippen molar-refractivity contribution in [3.63, 3.8) is 0 Å². The van der Waals surface area contributed by atoms with Crippen molar-refractivity contribution < 1.29 is 9.53 Å². The van der Waals surface area contributed by atoms with Crippen molar-refractivity contribution in [3.8, 4) is 0 Å². The Morgan fingerprint density at radius 1 is 1.41 bits per heavy atom. The number of hydrogen-bond acceptors (Lipinski definition) is 3. The van der Waals surface area contributed by atoms with Crippen LogP contribution in [0.4, 0.5) is 16.2 Å². The van der Waals surface area contributed by atoms with Crippen LogP contribution in [0.15, 0.2) is 18.2 Å². The van der Waals surface area contributed by atoms with Crippen LogP contribution in [0.3, 0.4) is 0 Å². The van der Waals surface area contributed by atoms with E-state index in [1.165, 1.54) is 12.8 Å². The monoisotopic (exact) mass is 323 g/mol. The first kappa shape index (κ1) is 15.4. The second-order valence-electron chi connectivity index (χ2n) is 6.13. The number of amides is 2. The first-order chi connectivity index (χ1) is 10.6. The third-order valence-electron chi connectivity index (χ3n) is 4.27. The van der Waals surface area contributed by atoms with Gasteiger partial charge in [-0.05, 0) is 30.9 Å². The van der Waals surface area contributed by atoms with Gasteiger partial charge in [0.1, 0.15) is 0 Å². The van der Waals surface area contributed by atoms with Crippen LogP contribution in [0.1, 0.15) is 12.8 Å². The summed E-state index contributed by atoms with van der Waals surface area (Å²) in [6.45, 7) is 1.89. The topological polar surface area (TPSA) is 44.8 Å². The van der Waals surface area contributed by atoms with E-state index in [4.69, 9.17) is 16.3 Å².